The van der Waals surface area contributed by atoms with Crippen molar-refractivity contribution in [3.8, 4) is 0 Å². The van der Waals surface area contributed by atoms with Gasteiger partial charge in [0.15, 0.2) is 0 Å². The fraction of sp³-hybridized carbons (Fsp3) is 1.00. The molecule has 0 unspecified atom stereocenters. The van der Waals surface area contributed by atoms with Gasteiger partial charge >= 0.3 is 0 Å². The molecule has 0 aromatic heterocycles. The van der Waals surface area contributed by atoms with E-state index in [2.05, 4.69) is 18.9 Å². The Kier molecular flexibility index (Phi) is 2.09. The maximum atomic E-state index is 9.17. The molecule has 1 aliphatic rings. The largest absolute Gasteiger partial charge is 0.393 e. The van der Waals surface area contributed by atoms with Crippen LogP contribution in [-0.4, -0.2) is 35.7 Å². The predicted molar refractivity (Wildman–Crippen MR) is 37.3 cm³/mol. The van der Waals surface area contributed by atoms with E-state index in [1.54, 1.807) is 0 Å². The van der Waals surface area contributed by atoms with E-state index >= 15 is 0 Å². The van der Waals surface area contributed by atoms with Gasteiger partial charge in [0.05, 0.1) is 6.10 Å². The number of aliphatic hydroxyl groups is 1. The minimum absolute atomic E-state index is 0.0452. The van der Waals surface area contributed by atoms with Crippen molar-refractivity contribution in [1.82, 2.24) is 4.90 Å². The van der Waals surface area contributed by atoms with E-state index in [-0.39, 0.29) is 6.10 Å². The van der Waals surface area contributed by atoms with E-state index in [1.165, 1.54) is 0 Å². The summed E-state index contributed by atoms with van der Waals surface area (Å²) in [7, 11) is 2.11. The third-order valence-electron chi connectivity index (χ3n) is 2.18. The first-order valence-corrected chi connectivity index (χ1v) is 3.58. The Morgan fingerprint density at radius 3 is 2.67 bits per heavy atom. The number of nitrogens with zero attached hydrogens (tertiary/aromatic N) is 1. The van der Waals surface area contributed by atoms with Gasteiger partial charge in [-0.2, -0.15) is 0 Å². The van der Waals surface area contributed by atoms with Gasteiger partial charge in [-0.15, -0.1) is 0 Å². The second-order valence-electron chi connectivity index (χ2n) is 3.01. The monoisotopic (exact) mass is 129 g/mol. The molecule has 0 radical (unpaired) electrons. The summed E-state index contributed by atoms with van der Waals surface area (Å²) >= 11 is 0. The van der Waals surface area contributed by atoms with Gasteiger partial charge in [-0.1, -0.05) is 0 Å². The van der Waals surface area contributed by atoms with Gasteiger partial charge in [0.25, 0.3) is 0 Å². The van der Waals surface area contributed by atoms with Crippen LogP contribution in [0.15, 0.2) is 0 Å². The normalized spacial score (nSPS) is 39.0. The van der Waals surface area contributed by atoms with E-state index in [1.807, 2.05) is 0 Å². The van der Waals surface area contributed by atoms with Crippen LogP contribution in [0.5, 0.6) is 0 Å². The lowest BCUT2D eigenvalue weighted by atomic mass is 10.0. The average molecular weight is 129 g/mol. The van der Waals surface area contributed by atoms with Gasteiger partial charge in [-0.3, -0.25) is 0 Å². The number of hydrogen-bond donors (Lipinski definition) is 1. The molecule has 1 fully saturated rings. The quantitative estimate of drug-likeness (QED) is 0.513. The molecule has 2 nitrogen and oxygen atoms in total. The molecule has 2 heteroatoms. The van der Waals surface area contributed by atoms with Crippen LogP contribution < -0.4 is 0 Å². The highest BCUT2D eigenvalue weighted by molar-refractivity contribution is 4.75. The summed E-state index contributed by atoms with van der Waals surface area (Å²) in [6.07, 6.45) is 1.84. The van der Waals surface area contributed by atoms with E-state index in [9.17, 15) is 5.11 Å². The molecule has 0 spiro atoms. The van der Waals surface area contributed by atoms with Crippen molar-refractivity contribution in [2.24, 2.45) is 0 Å². The summed E-state index contributed by atoms with van der Waals surface area (Å²) in [4.78, 5) is 2.28. The van der Waals surface area contributed by atoms with Crippen molar-refractivity contribution < 1.29 is 5.11 Å². The van der Waals surface area contributed by atoms with Crippen LogP contribution in [0, 0.1) is 0 Å². The van der Waals surface area contributed by atoms with Crippen LogP contribution in [0.2, 0.25) is 0 Å². The fourth-order valence-corrected chi connectivity index (χ4v) is 1.26. The summed E-state index contributed by atoms with van der Waals surface area (Å²) < 4.78 is 0. The topological polar surface area (TPSA) is 23.5 Å². The molecule has 0 aromatic rings. The molecule has 0 aliphatic carbocycles. The molecule has 0 saturated carbocycles. The Hall–Kier alpha value is -0.0800. The second kappa shape index (κ2) is 2.67. The molecule has 0 amide bonds. The van der Waals surface area contributed by atoms with Crippen LogP contribution in [0.25, 0.3) is 0 Å². The van der Waals surface area contributed by atoms with Crippen LogP contribution in [0.3, 0.4) is 0 Å². The Morgan fingerprint density at radius 2 is 2.22 bits per heavy atom. The first-order valence-electron chi connectivity index (χ1n) is 3.58. The van der Waals surface area contributed by atoms with Gasteiger partial charge in [-0.25, -0.2) is 0 Å². The molecule has 9 heavy (non-hydrogen) atoms. The van der Waals surface area contributed by atoms with Crippen molar-refractivity contribution >= 4 is 0 Å². The van der Waals surface area contributed by atoms with Crippen LogP contribution >= 0.6 is 0 Å². The number of piperidine rings is 1. The maximum absolute atomic E-state index is 9.17. The molecule has 1 aliphatic heterocycles. The van der Waals surface area contributed by atoms with Crippen LogP contribution in [0.1, 0.15) is 19.8 Å². The highest BCUT2D eigenvalue weighted by Crippen LogP contribution is 2.14. The summed E-state index contributed by atoms with van der Waals surface area (Å²) in [6, 6.07) is 0.564. The van der Waals surface area contributed by atoms with Crippen molar-refractivity contribution in [3.05, 3.63) is 0 Å². The lowest BCUT2D eigenvalue weighted by Gasteiger charge is -2.32. The smallest absolute Gasteiger partial charge is 0.0567 e. The van der Waals surface area contributed by atoms with Gasteiger partial charge < -0.3 is 10.0 Å². The molecule has 0 aromatic carbocycles. The maximum Gasteiger partial charge on any atom is 0.0567 e. The molecule has 2 atom stereocenters. The Balaban J connectivity index is 2.35. The number of hydrogen-bond acceptors (Lipinski definition) is 2. The minimum Gasteiger partial charge on any atom is -0.393 e. The fourth-order valence-electron chi connectivity index (χ4n) is 1.26. The van der Waals surface area contributed by atoms with Crippen molar-refractivity contribution in [2.75, 3.05) is 13.6 Å². The number of rotatable bonds is 0. The standard InChI is InChI=1S/C7H15NO/c1-6-5-7(9)3-4-8(6)2/h6-7,9H,3-5H2,1-2H3/t6-,7-/m1/s1. The lowest BCUT2D eigenvalue weighted by Crippen LogP contribution is -2.39. The van der Waals surface area contributed by atoms with E-state index in [4.69, 9.17) is 0 Å². The Labute approximate surface area is 56.5 Å². The zero-order valence-corrected chi connectivity index (χ0v) is 6.17. The van der Waals surface area contributed by atoms with E-state index < -0.39 is 0 Å². The van der Waals surface area contributed by atoms with Crippen molar-refractivity contribution in [1.29, 1.82) is 0 Å². The first-order chi connectivity index (χ1) is 4.20. The summed E-state index contributed by atoms with van der Waals surface area (Å²) in [5, 5.41) is 9.17. The summed E-state index contributed by atoms with van der Waals surface area (Å²) in [5.41, 5.74) is 0. The molecule has 1 heterocycles. The van der Waals surface area contributed by atoms with E-state index in [0.29, 0.717) is 6.04 Å². The average Bonchev–Trinajstić information content (AvgIpc) is 1.80. The molecule has 1 rings (SSSR count). The third kappa shape index (κ3) is 1.66. The molecule has 1 N–H and O–H groups in total. The van der Waals surface area contributed by atoms with E-state index in [0.717, 1.165) is 19.4 Å². The van der Waals surface area contributed by atoms with Crippen LogP contribution in [-0.2, 0) is 0 Å². The van der Waals surface area contributed by atoms with Gasteiger partial charge in [-0.05, 0) is 26.8 Å². The molecular formula is C7H15NO. The summed E-state index contributed by atoms with van der Waals surface area (Å²) in [6.45, 7) is 3.20. The SMILES string of the molecule is C[C@@H]1C[C@H](O)CCN1C. The number of aliphatic hydroxyl groups excluding tert-OH is 1. The van der Waals surface area contributed by atoms with Crippen molar-refractivity contribution in [2.45, 2.75) is 31.9 Å². The van der Waals surface area contributed by atoms with Gasteiger partial charge in [0, 0.05) is 12.6 Å². The second-order valence-corrected chi connectivity index (χ2v) is 3.01. The highest BCUT2D eigenvalue weighted by Gasteiger charge is 2.19. The molecular weight excluding hydrogens is 114 g/mol. The Morgan fingerprint density at radius 1 is 1.56 bits per heavy atom. The summed E-state index contributed by atoms with van der Waals surface area (Å²) in [5.74, 6) is 0. The van der Waals surface area contributed by atoms with Crippen molar-refractivity contribution in [3.63, 3.8) is 0 Å². The third-order valence-corrected chi connectivity index (χ3v) is 2.18. The molecule has 1 saturated heterocycles. The van der Waals surface area contributed by atoms with Crippen LogP contribution in [0.4, 0.5) is 0 Å². The first kappa shape index (κ1) is 7.03. The zero-order chi connectivity index (χ0) is 6.85. The van der Waals surface area contributed by atoms with Gasteiger partial charge in [0.1, 0.15) is 0 Å². The Bertz CT molecular complexity index is 94.9. The highest BCUT2D eigenvalue weighted by atomic mass is 16.3. The predicted octanol–water partition coefficient (Wildman–Crippen LogP) is 0.461. The lowest BCUT2D eigenvalue weighted by molar-refractivity contribution is 0.0624. The molecule has 54 valence electrons. The minimum atomic E-state index is -0.0452. The van der Waals surface area contributed by atoms with Gasteiger partial charge in [0.2, 0.25) is 0 Å². The zero-order valence-electron chi connectivity index (χ0n) is 6.17. The molecule has 0 bridgehead atoms. The number of likely N-dealkylation sites (tertiary alicyclic amines) is 1.